The molecule has 0 atom stereocenters. The second kappa shape index (κ2) is 7.56. The van der Waals surface area contributed by atoms with Crippen molar-refractivity contribution >= 4 is 28.3 Å². The first-order valence-corrected chi connectivity index (χ1v) is 11.5. The molecule has 0 N–H and O–H groups in total. The fourth-order valence-electron chi connectivity index (χ4n) is 1.99. The van der Waals surface area contributed by atoms with E-state index in [2.05, 4.69) is 6.55 Å². The van der Waals surface area contributed by atoms with Crippen molar-refractivity contribution in [1.82, 2.24) is 0 Å². The van der Waals surface area contributed by atoms with Gasteiger partial charge in [0.1, 0.15) is 0 Å². The van der Waals surface area contributed by atoms with Crippen LogP contribution in [-0.2, 0) is 24.3 Å². The van der Waals surface area contributed by atoms with Gasteiger partial charge in [-0.3, -0.25) is 0 Å². The Hall–Kier alpha value is -0.403. The van der Waals surface area contributed by atoms with Gasteiger partial charge >= 0.3 is 8.56 Å². The molecule has 0 radical (unpaired) electrons. The van der Waals surface area contributed by atoms with Gasteiger partial charge < -0.3 is 8.85 Å². The lowest BCUT2D eigenvalue weighted by Gasteiger charge is -2.25. The molecule has 114 valence electrons. The van der Waals surface area contributed by atoms with Gasteiger partial charge in [0.15, 0.2) is 0 Å². The van der Waals surface area contributed by atoms with E-state index >= 15 is 0 Å². The number of halogens is 1. The summed E-state index contributed by atoms with van der Waals surface area (Å²) in [5.41, 5.74) is 1.05. The van der Waals surface area contributed by atoms with Crippen molar-refractivity contribution in [2.45, 2.75) is 37.8 Å². The van der Waals surface area contributed by atoms with Gasteiger partial charge in [-0.2, -0.15) is 0 Å². The maximum atomic E-state index is 11.2. The lowest BCUT2D eigenvalue weighted by molar-refractivity contribution is 0.189. The highest BCUT2D eigenvalue weighted by molar-refractivity contribution is 8.13. The Balaban J connectivity index is 2.69. The van der Waals surface area contributed by atoms with E-state index in [1.165, 1.54) is 12.1 Å². The van der Waals surface area contributed by atoms with Crippen molar-refractivity contribution in [2.75, 3.05) is 13.2 Å². The Kier molecular flexibility index (Phi) is 6.67. The summed E-state index contributed by atoms with van der Waals surface area (Å²) >= 11 is 0. The van der Waals surface area contributed by atoms with Crippen LogP contribution in [0.5, 0.6) is 0 Å². The molecule has 7 heteroatoms. The van der Waals surface area contributed by atoms with Gasteiger partial charge in [0.05, 0.1) is 4.90 Å². The van der Waals surface area contributed by atoms with Gasteiger partial charge in [0, 0.05) is 23.9 Å². The Morgan fingerprint density at radius 2 is 1.60 bits per heavy atom. The molecule has 0 fully saturated rings. The fraction of sp³-hybridized carbons (Fsp3) is 0.538. The van der Waals surface area contributed by atoms with Gasteiger partial charge in [-0.25, -0.2) is 8.42 Å². The van der Waals surface area contributed by atoms with E-state index in [-0.39, 0.29) is 4.90 Å². The predicted octanol–water partition coefficient (Wildman–Crippen LogP) is 3.30. The van der Waals surface area contributed by atoms with Crippen LogP contribution in [0.25, 0.3) is 0 Å². The molecule has 0 spiro atoms. The van der Waals surface area contributed by atoms with E-state index in [4.69, 9.17) is 19.5 Å². The third-order valence-corrected chi connectivity index (χ3v) is 7.30. The van der Waals surface area contributed by atoms with E-state index in [0.29, 0.717) is 13.2 Å². The standard InChI is InChI=1S/C13H21ClO4SSi/c1-4-17-20(3,18-5-2)11-10-12-6-8-13(9-7-12)19(14,15)16/h6-9H,4-5,10-11H2,1-3H3. The molecule has 0 aromatic heterocycles. The number of hydrogen-bond donors (Lipinski definition) is 0. The summed E-state index contributed by atoms with van der Waals surface area (Å²) < 4.78 is 33.9. The zero-order chi connectivity index (χ0) is 15.2. The van der Waals surface area contributed by atoms with Gasteiger partial charge in [-0.1, -0.05) is 12.1 Å². The van der Waals surface area contributed by atoms with Crippen LogP contribution in [0.4, 0.5) is 0 Å². The Morgan fingerprint density at radius 1 is 1.10 bits per heavy atom. The van der Waals surface area contributed by atoms with Crippen LogP contribution in [0.2, 0.25) is 12.6 Å². The highest BCUT2D eigenvalue weighted by Gasteiger charge is 2.30. The molecule has 1 aromatic carbocycles. The van der Waals surface area contributed by atoms with Crippen LogP contribution >= 0.6 is 10.7 Å². The van der Waals surface area contributed by atoms with E-state index in [0.717, 1.165) is 18.0 Å². The summed E-state index contributed by atoms with van der Waals surface area (Å²) in [6.45, 7) is 7.27. The second-order valence-corrected chi connectivity index (χ2v) is 10.5. The normalized spacial score (nSPS) is 12.6. The van der Waals surface area contributed by atoms with E-state index in [9.17, 15) is 8.42 Å². The molecule has 1 rings (SSSR count). The predicted molar refractivity (Wildman–Crippen MR) is 82.9 cm³/mol. The lowest BCUT2D eigenvalue weighted by Crippen LogP contribution is -2.39. The Morgan fingerprint density at radius 3 is 2.00 bits per heavy atom. The fourth-order valence-corrected chi connectivity index (χ4v) is 5.09. The van der Waals surface area contributed by atoms with Crippen molar-refractivity contribution in [3.8, 4) is 0 Å². The average Bonchev–Trinajstić information content (AvgIpc) is 2.37. The monoisotopic (exact) mass is 336 g/mol. The number of rotatable bonds is 8. The molecule has 0 heterocycles. The molecular weight excluding hydrogens is 316 g/mol. The minimum absolute atomic E-state index is 0.123. The van der Waals surface area contributed by atoms with Gasteiger partial charge in [0.2, 0.25) is 0 Å². The molecule has 20 heavy (non-hydrogen) atoms. The molecule has 4 nitrogen and oxygen atoms in total. The van der Waals surface area contributed by atoms with Crippen molar-refractivity contribution in [1.29, 1.82) is 0 Å². The van der Waals surface area contributed by atoms with Gasteiger partial charge in [0.25, 0.3) is 9.05 Å². The largest absolute Gasteiger partial charge is 0.395 e. The molecule has 0 unspecified atom stereocenters. The summed E-state index contributed by atoms with van der Waals surface area (Å²) in [6, 6.07) is 7.45. The summed E-state index contributed by atoms with van der Waals surface area (Å²) in [5, 5.41) is 0. The van der Waals surface area contributed by atoms with Crippen molar-refractivity contribution in [3.63, 3.8) is 0 Å². The van der Waals surface area contributed by atoms with Crippen molar-refractivity contribution in [3.05, 3.63) is 29.8 Å². The van der Waals surface area contributed by atoms with Crippen LogP contribution in [-0.4, -0.2) is 30.2 Å². The first-order valence-electron chi connectivity index (χ1n) is 6.62. The van der Waals surface area contributed by atoms with Crippen LogP contribution in [0.1, 0.15) is 19.4 Å². The first-order chi connectivity index (χ1) is 9.30. The molecule has 1 aromatic rings. The maximum Gasteiger partial charge on any atom is 0.335 e. The van der Waals surface area contributed by atoms with Crippen LogP contribution < -0.4 is 0 Å². The van der Waals surface area contributed by atoms with Crippen molar-refractivity contribution in [2.24, 2.45) is 0 Å². The smallest absolute Gasteiger partial charge is 0.335 e. The third kappa shape index (κ3) is 5.53. The molecule has 0 saturated heterocycles. The number of benzene rings is 1. The highest BCUT2D eigenvalue weighted by Crippen LogP contribution is 2.20. The second-order valence-electron chi connectivity index (χ2n) is 4.58. The molecule has 0 aliphatic heterocycles. The molecule has 0 amide bonds. The van der Waals surface area contributed by atoms with E-state index in [1.54, 1.807) is 12.1 Å². The van der Waals surface area contributed by atoms with Crippen molar-refractivity contribution < 1.29 is 17.3 Å². The number of hydrogen-bond acceptors (Lipinski definition) is 4. The summed E-state index contributed by atoms with van der Waals surface area (Å²) in [7, 11) is -0.493. The highest BCUT2D eigenvalue weighted by atomic mass is 35.7. The lowest BCUT2D eigenvalue weighted by atomic mass is 10.2. The number of aryl methyl sites for hydroxylation is 1. The quantitative estimate of drug-likeness (QED) is 0.540. The Bertz CT molecular complexity index is 510. The maximum absolute atomic E-state index is 11.2. The third-order valence-electron chi connectivity index (χ3n) is 2.97. The van der Waals surface area contributed by atoms with Crippen LogP contribution in [0.15, 0.2) is 29.2 Å². The molecule has 0 aliphatic carbocycles. The zero-order valence-corrected chi connectivity index (χ0v) is 14.6. The zero-order valence-electron chi connectivity index (χ0n) is 12.1. The van der Waals surface area contributed by atoms with Gasteiger partial charge in [-0.05, 0) is 50.6 Å². The summed E-state index contributed by atoms with van der Waals surface area (Å²) in [5.74, 6) is 0. The first kappa shape index (κ1) is 17.6. The SMILES string of the molecule is CCO[Si](C)(CCc1ccc(S(=O)(=O)Cl)cc1)OCC. The minimum Gasteiger partial charge on any atom is -0.395 e. The topological polar surface area (TPSA) is 52.6 Å². The van der Waals surface area contributed by atoms with E-state index in [1.807, 2.05) is 13.8 Å². The molecule has 0 aliphatic rings. The Labute approximate surface area is 126 Å². The van der Waals surface area contributed by atoms with Crippen LogP contribution in [0, 0.1) is 0 Å². The van der Waals surface area contributed by atoms with Crippen LogP contribution in [0.3, 0.4) is 0 Å². The molecule has 0 bridgehead atoms. The summed E-state index contributed by atoms with van der Waals surface area (Å²) in [4.78, 5) is 0.123. The minimum atomic E-state index is -3.65. The van der Waals surface area contributed by atoms with Gasteiger partial charge in [-0.15, -0.1) is 0 Å². The average molecular weight is 337 g/mol. The van der Waals surface area contributed by atoms with E-state index < -0.39 is 17.6 Å². The molecular formula is C13H21ClO4SSi. The summed E-state index contributed by atoms with van der Waals surface area (Å²) in [6.07, 6.45) is 0.797. The molecule has 0 saturated carbocycles.